The number of thiazole rings is 1. The van der Waals surface area contributed by atoms with Gasteiger partial charge in [0.15, 0.2) is 0 Å². The third-order valence-electron chi connectivity index (χ3n) is 4.44. The predicted molar refractivity (Wildman–Crippen MR) is 101 cm³/mol. The Morgan fingerprint density at radius 2 is 2.15 bits per heavy atom. The normalized spacial score (nSPS) is 15.4. The zero-order chi connectivity index (χ0) is 19.1. The number of carbonyl (C=O) groups is 1. The highest BCUT2D eigenvalue weighted by atomic mass is 79.9. The molecule has 1 atom stereocenters. The van der Waals surface area contributed by atoms with E-state index in [9.17, 15) is 18.0 Å². The molecule has 1 N–H and O–H groups in total. The quantitative estimate of drug-likeness (QED) is 0.546. The van der Waals surface area contributed by atoms with Gasteiger partial charge >= 0.3 is 0 Å². The van der Waals surface area contributed by atoms with Crippen LogP contribution in [0.1, 0.15) is 24.0 Å². The van der Waals surface area contributed by atoms with Gasteiger partial charge in [-0.2, -0.15) is 0 Å². The zero-order valence-electron chi connectivity index (χ0n) is 14.0. The fraction of sp³-hybridized carbons (Fsp3) is 0.333. The second-order valence-corrected chi connectivity index (χ2v) is 8.37. The molecule has 1 unspecified atom stereocenters. The summed E-state index contributed by atoms with van der Waals surface area (Å²) in [6.07, 6.45) is -2.22. The minimum Gasteiger partial charge on any atom is -0.351 e. The van der Waals surface area contributed by atoms with E-state index in [0.717, 1.165) is 22.3 Å². The molecule has 1 aliphatic rings. The van der Waals surface area contributed by atoms with E-state index in [1.165, 1.54) is 11.3 Å². The van der Waals surface area contributed by atoms with Crippen LogP contribution < -0.4 is 5.32 Å². The van der Waals surface area contributed by atoms with Gasteiger partial charge < -0.3 is 9.88 Å². The summed E-state index contributed by atoms with van der Waals surface area (Å²) in [5.41, 5.74) is 0.653. The van der Waals surface area contributed by atoms with Gasteiger partial charge in [0, 0.05) is 26.9 Å². The molecule has 142 valence electrons. The number of benzene rings is 1. The number of amides is 1. The average molecular weight is 458 g/mol. The molecule has 3 aromatic rings. The SMILES string of the molecule is O=C(NCc1cnc(-c2cc3c(Br)cccc3n2C(F)C(F)F)s1)C1CC1. The minimum absolute atomic E-state index is 0.0181. The molecule has 1 fully saturated rings. The average Bonchev–Trinajstić information content (AvgIpc) is 3.26. The highest BCUT2D eigenvalue weighted by molar-refractivity contribution is 9.10. The number of rotatable bonds is 6. The van der Waals surface area contributed by atoms with Gasteiger partial charge in [0.05, 0.1) is 17.8 Å². The molecule has 9 heteroatoms. The first-order valence-corrected chi connectivity index (χ1v) is 10.0. The number of alkyl halides is 3. The van der Waals surface area contributed by atoms with Crippen molar-refractivity contribution in [3.63, 3.8) is 0 Å². The maximum absolute atomic E-state index is 14.4. The molecular formula is C18H15BrF3N3OS. The largest absolute Gasteiger partial charge is 0.351 e. The number of nitrogens with zero attached hydrogens (tertiary/aromatic N) is 2. The maximum Gasteiger partial charge on any atom is 0.288 e. The first kappa shape index (κ1) is 18.5. The fourth-order valence-electron chi connectivity index (χ4n) is 2.93. The van der Waals surface area contributed by atoms with Crippen LogP contribution in [0.5, 0.6) is 0 Å². The van der Waals surface area contributed by atoms with E-state index in [1.54, 1.807) is 30.5 Å². The fourth-order valence-corrected chi connectivity index (χ4v) is 4.27. The molecule has 4 nitrogen and oxygen atoms in total. The molecule has 1 saturated carbocycles. The van der Waals surface area contributed by atoms with E-state index < -0.39 is 12.7 Å². The van der Waals surface area contributed by atoms with Crippen molar-refractivity contribution in [3.05, 3.63) is 39.8 Å². The van der Waals surface area contributed by atoms with Gasteiger partial charge in [-0.15, -0.1) is 11.3 Å². The lowest BCUT2D eigenvalue weighted by molar-refractivity contribution is -0.122. The van der Waals surface area contributed by atoms with Crippen LogP contribution in [0, 0.1) is 5.92 Å². The molecule has 0 saturated heterocycles. The lowest BCUT2D eigenvalue weighted by Crippen LogP contribution is -2.23. The van der Waals surface area contributed by atoms with Gasteiger partial charge in [0.2, 0.25) is 12.2 Å². The molecule has 1 amide bonds. The molecule has 1 aromatic carbocycles. The minimum atomic E-state index is -3.16. The Kier molecular flexibility index (Phi) is 4.98. The van der Waals surface area contributed by atoms with Crippen LogP contribution in [-0.2, 0) is 11.3 Å². The third kappa shape index (κ3) is 3.62. The standard InChI is InChI=1S/C18H15BrF3N3OS/c19-12-2-1-3-13-11(12)6-14(25(13)16(22)15(20)21)18-24-8-10(27-18)7-23-17(26)9-4-5-9/h1-3,6,8-9,15-16H,4-5,7H2,(H,23,26). The highest BCUT2D eigenvalue weighted by Gasteiger charge is 2.30. The van der Waals surface area contributed by atoms with Crippen molar-refractivity contribution in [3.8, 4) is 10.7 Å². The number of carbonyl (C=O) groups excluding carboxylic acids is 1. The number of hydrogen-bond donors (Lipinski definition) is 1. The summed E-state index contributed by atoms with van der Waals surface area (Å²) in [4.78, 5) is 16.8. The second kappa shape index (κ2) is 7.27. The van der Waals surface area contributed by atoms with Crippen molar-refractivity contribution in [2.75, 3.05) is 0 Å². The van der Waals surface area contributed by atoms with Crippen molar-refractivity contribution in [2.45, 2.75) is 32.1 Å². The maximum atomic E-state index is 14.4. The molecule has 2 heterocycles. The third-order valence-corrected chi connectivity index (χ3v) is 6.15. The van der Waals surface area contributed by atoms with E-state index in [0.29, 0.717) is 26.9 Å². The summed E-state index contributed by atoms with van der Waals surface area (Å²) in [5.74, 6) is 0.125. The summed E-state index contributed by atoms with van der Waals surface area (Å²) in [6.45, 7) is 0.324. The first-order chi connectivity index (χ1) is 13.0. The topological polar surface area (TPSA) is 46.9 Å². The van der Waals surface area contributed by atoms with Crippen molar-refractivity contribution < 1.29 is 18.0 Å². The molecule has 4 rings (SSSR count). The highest BCUT2D eigenvalue weighted by Crippen LogP contribution is 2.38. The Balaban J connectivity index is 1.69. The van der Waals surface area contributed by atoms with Crippen LogP contribution in [-0.4, -0.2) is 21.9 Å². The van der Waals surface area contributed by atoms with Gasteiger partial charge in [-0.05, 0) is 31.0 Å². The van der Waals surface area contributed by atoms with E-state index in [1.807, 2.05) is 0 Å². The molecule has 2 aromatic heterocycles. The number of aromatic nitrogens is 2. The van der Waals surface area contributed by atoms with Crippen molar-refractivity contribution in [1.82, 2.24) is 14.9 Å². The Morgan fingerprint density at radius 3 is 2.85 bits per heavy atom. The summed E-state index contributed by atoms with van der Waals surface area (Å²) >= 11 is 4.63. The smallest absolute Gasteiger partial charge is 0.288 e. The number of fused-ring (bicyclic) bond motifs is 1. The van der Waals surface area contributed by atoms with Gasteiger partial charge in [-0.1, -0.05) is 22.0 Å². The molecular weight excluding hydrogens is 443 g/mol. The van der Waals surface area contributed by atoms with Crippen LogP contribution in [0.15, 0.2) is 34.9 Å². The Bertz CT molecular complexity index is 999. The molecule has 0 aliphatic heterocycles. The second-order valence-electron chi connectivity index (χ2n) is 6.40. The van der Waals surface area contributed by atoms with E-state index >= 15 is 0 Å². The van der Waals surface area contributed by atoms with Crippen LogP contribution in [0.3, 0.4) is 0 Å². The van der Waals surface area contributed by atoms with E-state index in [2.05, 4.69) is 26.2 Å². The van der Waals surface area contributed by atoms with Gasteiger partial charge in [-0.25, -0.2) is 18.2 Å². The lowest BCUT2D eigenvalue weighted by Gasteiger charge is -2.14. The number of hydrogen-bond acceptors (Lipinski definition) is 3. The lowest BCUT2D eigenvalue weighted by atomic mass is 10.2. The van der Waals surface area contributed by atoms with Crippen molar-refractivity contribution >= 4 is 44.1 Å². The van der Waals surface area contributed by atoms with E-state index in [4.69, 9.17) is 0 Å². The van der Waals surface area contributed by atoms with Gasteiger partial charge in [-0.3, -0.25) is 4.79 Å². The van der Waals surface area contributed by atoms with Crippen molar-refractivity contribution in [1.29, 1.82) is 0 Å². The molecule has 0 spiro atoms. The summed E-state index contributed by atoms with van der Waals surface area (Å²) < 4.78 is 42.3. The van der Waals surface area contributed by atoms with Crippen LogP contribution in [0.25, 0.3) is 21.6 Å². The van der Waals surface area contributed by atoms with Gasteiger partial charge in [0.1, 0.15) is 5.01 Å². The number of halogens is 4. The summed E-state index contributed by atoms with van der Waals surface area (Å²) in [6, 6.07) is 6.70. The molecule has 27 heavy (non-hydrogen) atoms. The molecule has 0 radical (unpaired) electrons. The first-order valence-electron chi connectivity index (χ1n) is 8.40. The Labute approximate surface area is 165 Å². The molecule has 1 aliphatic carbocycles. The summed E-state index contributed by atoms with van der Waals surface area (Å²) in [5, 5.41) is 3.90. The van der Waals surface area contributed by atoms with Crippen LogP contribution in [0.2, 0.25) is 0 Å². The van der Waals surface area contributed by atoms with Gasteiger partial charge in [0.25, 0.3) is 6.43 Å². The Hall–Kier alpha value is -1.87. The van der Waals surface area contributed by atoms with Crippen LogP contribution in [0.4, 0.5) is 13.2 Å². The van der Waals surface area contributed by atoms with Crippen LogP contribution >= 0.6 is 27.3 Å². The monoisotopic (exact) mass is 457 g/mol. The predicted octanol–water partition coefficient (Wildman–Crippen LogP) is 5.29. The summed E-state index contributed by atoms with van der Waals surface area (Å²) in [7, 11) is 0. The zero-order valence-corrected chi connectivity index (χ0v) is 16.4. The molecule has 0 bridgehead atoms. The van der Waals surface area contributed by atoms with Crippen molar-refractivity contribution in [2.24, 2.45) is 5.92 Å². The number of nitrogens with one attached hydrogen (secondary N) is 1. The van der Waals surface area contributed by atoms with E-state index in [-0.39, 0.29) is 17.5 Å². The Morgan fingerprint density at radius 1 is 1.37 bits per heavy atom.